The molecule has 8 heteroatoms. The lowest BCUT2D eigenvalue weighted by Gasteiger charge is -2.27. The van der Waals surface area contributed by atoms with Crippen LogP contribution in [0, 0.1) is 34.0 Å². The molecule has 0 aromatic heterocycles. The molecule has 40 heavy (non-hydrogen) atoms. The van der Waals surface area contributed by atoms with Crippen molar-refractivity contribution in [2.75, 3.05) is 24.5 Å². The van der Waals surface area contributed by atoms with E-state index in [-0.39, 0.29) is 28.7 Å². The molecular weight excluding hydrogens is 502 g/mol. The SMILES string of the molecule is CCCCCCN(CCN1C(=O)C=CC1=O)c1ccc2cc(C3=C(C#N)C(=C(C#N)C#N)OC3(C)C)ccc2c1. The van der Waals surface area contributed by atoms with Crippen LogP contribution < -0.4 is 4.90 Å². The molecule has 0 radical (unpaired) electrons. The molecule has 8 nitrogen and oxygen atoms in total. The molecule has 0 bridgehead atoms. The van der Waals surface area contributed by atoms with Crippen LogP contribution in [-0.2, 0) is 14.3 Å². The summed E-state index contributed by atoms with van der Waals surface area (Å²) >= 11 is 0. The van der Waals surface area contributed by atoms with E-state index in [2.05, 4.69) is 24.0 Å². The highest BCUT2D eigenvalue weighted by Crippen LogP contribution is 2.45. The number of allylic oxidation sites excluding steroid dienone is 2. The van der Waals surface area contributed by atoms with Crippen molar-refractivity contribution in [3.05, 3.63) is 71.0 Å². The molecule has 2 amide bonds. The number of fused-ring (bicyclic) bond motifs is 1. The number of ether oxygens (including phenoxy) is 1. The van der Waals surface area contributed by atoms with Crippen LogP contribution in [0.2, 0.25) is 0 Å². The van der Waals surface area contributed by atoms with Crippen LogP contribution in [0.5, 0.6) is 0 Å². The zero-order chi connectivity index (χ0) is 28.9. The van der Waals surface area contributed by atoms with Crippen LogP contribution in [-0.4, -0.2) is 41.9 Å². The van der Waals surface area contributed by atoms with Gasteiger partial charge in [0.25, 0.3) is 11.8 Å². The molecule has 0 aliphatic carbocycles. The van der Waals surface area contributed by atoms with Crippen LogP contribution in [0.15, 0.2) is 65.5 Å². The number of rotatable bonds is 10. The molecule has 0 saturated carbocycles. The average molecular weight is 534 g/mol. The lowest BCUT2D eigenvalue weighted by molar-refractivity contribution is -0.136. The Labute approximate surface area is 234 Å². The largest absolute Gasteiger partial charge is 0.480 e. The third kappa shape index (κ3) is 5.60. The molecule has 2 aliphatic heterocycles. The second kappa shape index (κ2) is 11.9. The van der Waals surface area contributed by atoms with Gasteiger partial charge in [0.1, 0.15) is 29.4 Å². The van der Waals surface area contributed by atoms with Crippen LogP contribution in [0.4, 0.5) is 5.69 Å². The summed E-state index contributed by atoms with van der Waals surface area (Å²) in [5.74, 6) is -0.533. The fraction of sp³-hybridized carbons (Fsp3) is 0.344. The average Bonchev–Trinajstić information content (AvgIpc) is 3.41. The molecule has 2 aromatic rings. The smallest absolute Gasteiger partial charge is 0.253 e. The maximum atomic E-state index is 12.1. The van der Waals surface area contributed by atoms with Gasteiger partial charge in [-0.1, -0.05) is 44.4 Å². The number of nitrogens with zero attached hydrogens (tertiary/aromatic N) is 5. The van der Waals surface area contributed by atoms with E-state index in [9.17, 15) is 25.4 Å². The van der Waals surface area contributed by atoms with Crippen molar-refractivity contribution in [1.29, 1.82) is 15.8 Å². The normalized spacial score (nSPS) is 15.7. The highest BCUT2D eigenvalue weighted by atomic mass is 16.5. The molecule has 202 valence electrons. The van der Waals surface area contributed by atoms with Crippen LogP contribution in [0.3, 0.4) is 0 Å². The number of hydrogen-bond acceptors (Lipinski definition) is 7. The standard InChI is InChI=1S/C32H31N5O3/c1-4-5-6-7-14-36(15-16-37-28(38)12-13-29(37)39)26-11-10-22-17-24(9-8-23(22)18-26)30-27(21-35)31(25(19-33)20-34)40-32(30,2)3/h8-13,17-18H,4-7,14-16H2,1-3H3. The number of imide groups is 1. The van der Waals surface area contributed by atoms with Crippen molar-refractivity contribution in [1.82, 2.24) is 4.90 Å². The Balaban J connectivity index is 1.66. The van der Waals surface area contributed by atoms with Crippen molar-refractivity contribution in [3.8, 4) is 18.2 Å². The van der Waals surface area contributed by atoms with E-state index in [0.29, 0.717) is 18.7 Å². The summed E-state index contributed by atoms with van der Waals surface area (Å²) in [5.41, 5.74) is 1.48. The first-order valence-electron chi connectivity index (χ1n) is 13.5. The minimum atomic E-state index is -0.901. The van der Waals surface area contributed by atoms with Gasteiger partial charge in [-0.2, -0.15) is 15.8 Å². The number of benzene rings is 2. The van der Waals surface area contributed by atoms with E-state index in [1.54, 1.807) is 0 Å². The van der Waals surface area contributed by atoms with E-state index < -0.39 is 5.60 Å². The molecule has 0 saturated heterocycles. The van der Waals surface area contributed by atoms with Gasteiger partial charge in [0.2, 0.25) is 0 Å². The molecular formula is C32H31N5O3. The first-order valence-corrected chi connectivity index (χ1v) is 13.5. The number of carbonyl (C=O) groups is 2. The van der Waals surface area contributed by atoms with Crippen molar-refractivity contribution >= 4 is 33.8 Å². The first-order chi connectivity index (χ1) is 19.2. The summed E-state index contributed by atoms with van der Waals surface area (Å²) in [6.45, 7) is 7.46. The second-order valence-electron chi connectivity index (χ2n) is 10.4. The topological polar surface area (TPSA) is 121 Å². The van der Waals surface area contributed by atoms with Crippen molar-refractivity contribution in [2.45, 2.75) is 52.1 Å². The first kappa shape index (κ1) is 28.1. The Morgan fingerprint density at radius 3 is 2.25 bits per heavy atom. The van der Waals surface area contributed by atoms with Crippen LogP contribution in [0.1, 0.15) is 52.0 Å². The van der Waals surface area contributed by atoms with E-state index in [1.165, 1.54) is 17.1 Å². The molecule has 0 atom stereocenters. The molecule has 0 spiro atoms. The number of unbranched alkanes of at least 4 members (excludes halogenated alkanes) is 3. The summed E-state index contributed by atoms with van der Waals surface area (Å²) in [4.78, 5) is 27.6. The Kier molecular flexibility index (Phi) is 8.37. The summed E-state index contributed by atoms with van der Waals surface area (Å²) in [5, 5.41) is 30.6. The van der Waals surface area contributed by atoms with Crippen LogP contribution in [0.25, 0.3) is 16.3 Å². The van der Waals surface area contributed by atoms with Crippen LogP contribution >= 0.6 is 0 Å². The molecule has 2 heterocycles. The second-order valence-corrected chi connectivity index (χ2v) is 10.4. The van der Waals surface area contributed by atoms with E-state index in [4.69, 9.17) is 4.74 Å². The fourth-order valence-electron chi connectivity index (χ4n) is 5.23. The molecule has 2 aliphatic rings. The summed E-state index contributed by atoms with van der Waals surface area (Å²) in [6.07, 6.45) is 7.03. The lowest BCUT2D eigenvalue weighted by Crippen LogP contribution is -2.38. The Bertz CT molecular complexity index is 1540. The quantitative estimate of drug-likeness (QED) is 0.223. The number of nitriles is 3. The number of carbonyl (C=O) groups excluding carboxylic acids is 2. The van der Waals surface area contributed by atoms with Gasteiger partial charge < -0.3 is 9.64 Å². The summed E-state index contributed by atoms with van der Waals surface area (Å²) in [6, 6.07) is 17.8. The predicted octanol–water partition coefficient (Wildman–Crippen LogP) is 5.54. The molecule has 0 N–H and O–H groups in total. The zero-order valence-electron chi connectivity index (χ0n) is 23.0. The summed E-state index contributed by atoms with van der Waals surface area (Å²) < 4.78 is 5.94. The van der Waals surface area contributed by atoms with Gasteiger partial charge in [0.15, 0.2) is 11.3 Å². The fourth-order valence-corrected chi connectivity index (χ4v) is 5.23. The van der Waals surface area contributed by atoms with E-state index >= 15 is 0 Å². The monoisotopic (exact) mass is 533 g/mol. The Hall–Kier alpha value is -4.87. The highest BCUT2D eigenvalue weighted by Gasteiger charge is 2.40. The van der Waals surface area contributed by atoms with Crippen molar-refractivity contribution in [2.24, 2.45) is 0 Å². The van der Waals surface area contributed by atoms with E-state index in [1.807, 2.05) is 56.3 Å². The van der Waals surface area contributed by atoms with Gasteiger partial charge in [0, 0.05) is 43.0 Å². The maximum Gasteiger partial charge on any atom is 0.253 e. The van der Waals surface area contributed by atoms with Gasteiger partial charge in [0.05, 0.1) is 0 Å². The maximum absolute atomic E-state index is 12.1. The minimum absolute atomic E-state index is 0.0202. The third-order valence-corrected chi connectivity index (χ3v) is 7.25. The summed E-state index contributed by atoms with van der Waals surface area (Å²) in [7, 11) is 0. The lowest BCUT2D eigenvalue weighted by atomic mass is 9.88. The molecule has 0 fully saturated rings. The Morgan fingerprint density at radius 2 is 1.60 bits per heavy atom. The van der Waals surface area contributed by atoms with Crippen molar-refractivity contribution in [3.63, 3.8) is 0 Å². The zero-order valence-corrected chi connectivity index (χ0v) is 23.0. The van der Waals surface area contributed by atoms with Gasteiger partial charge in [-0.25, -0.2) is 0 Å². The molecule has 0 unspecified atom stereocenters. The van der Waals surface area contributed by atoms with Gasteiger partial charge >= 0.3 is 0 Å². The third-order valence-electron chi connectivity index (χ3n) is 7.25. The highest BCUT2D eigenvalue weighted by molar-refractivity contribution is 6.12. The predicted molar refractivity (Wildman–Crippen MR) is 152 cm³/mol. The minimum Gasteiger partial charge on any atom is -0.480 e. The van der Waals surface area contributed by atoms with E-state index in [0.717, 1.165) is 54.3 Å². The van der Waals surface area contributed by atoms with Gasteiger partial charge in [-0.15, -0.1) is 0 Å². The molecule has 4 rings (SSSR count). The number of hydrogen-bond donors (Lipinski definition) is 0. The molecule has 2 aromatic carbocycles. The Morgan fingerprint density at radius 1 is 0.925 bits per heavy atom. The van der Waals surface area contributed by atoms with Gasteiger partial charge in [-0.3, -0.25) is 14.5 Å². The van der Waals surface area contributed by atoms with Crippen molar-refractivity contribution < 1.29 is 14.3 Å². The number of amides is 2. The van der Waals surface area contributed by atoms with Gasteiger partial charge in [-0.05, 0) is 54.8 Å². The number of anilines is 1.